The fourth-order valence-corrected chi connectivity index (χ4v) is 2.31. The van der Waals surface area contributed by atoms with Crippen molar-refractivity contribution < 1.29 is 4.79 Å². The zero-order valence-corrected chi connectivity index (χ0v) is 15.1. The summed E-state index contributed by atoms with van der Waals surface area (Å²) in [5.74, 6) is -0.134. The number of carbonyl (C=O) groups excluding carboxylic acids is 1. The first kappa shape index (κ1) is 17.8. The second-order valence-electron chi connectivity index (χ2n) is 7.14. The van der Waals surface area contributed by atoms with Gasteiger partial charge in [-0.15, -0.1) is 0 Å². The van der Waals surface area contributed by atoms with Gasteiger partial charge in [-0.3, -0.25) is 4.79 Å². The number of anilines is 2. The van der Waals surface area contributed by atoms with Crippen molar-refractivity contribution in [2.45, 2.75) is 26.2 Å². The van der Waals surface area contributed by atoms with E-state index < -0.39 is 0 Å². The fourth-order valence-electron chi connectivity index (χ4n) is 2.31. The average molecular weight is 322 g/mol. The number of nitrogens with one attached hydrogen (secondary N) is 1. The van der Waals surface area contributed by atoms with Crippen molar-refractivity contribution in [2.24, 2.45) is 0 Å². The molecule has 1 N–H and O–H groups in total. The number of carbonyl (C=O) groups is 1. The average Bonchev–Trinajstić information content (AvgIpc) is 2.53. The van der Waals surface area contributed by atoms with Crippen molar-refractivity contribution in [2.75, 3.05) is 24.3 Å². The molecule has 3 nitrogen and oxygen atoms in total. The Morgan fingerprint density at radius 3 is 2.29 bits per heavy atom. The van der Waals surface area contributed by atoms with Crippen molar-refractivity contribution in [3.8, 4) is 0 Å². The van der Waals surface area contributed by atoms with Gasteiger partial charge in [0.25, 0.3) is 0 Å². The number of hydrogen-bond donors (Lipinski definition) is 1. The van der Waals surface area contributed by atoms with Crippen LogP contribution >= 0.6 is 0 Å². The van der Waals surface area contributed by atoms with Crippen molar-refractivity contribution >= 4 is 23.4 Å². The van der Waals surface area contributed by atoms with E-state index in [0.29, 0.717) is 0 Å². The lowest BCUT2D eigenvalue weighted by atomic mass is 9.87. The van der Waals surface area contributed by atoms with Crippen molar-refractivity contribution in [1.82, 2.24) is 0 Å². The second kappa shape index (κ2) is 7.35. The maximum absolute atomic E-state index is 12.1. The van der Waals surface area contributed by atoms with Crippen LogP contribution in [0.4, 0.5) is 11.4 Å². The summed E-state index contributed by atoms with van der Waals surface area (Å²) < 4.78 is 0. The van der Waals surface area contributed by atoms with Crippen LogP contribution in [-0.4, -0.2) is 20.0 Å². The van der Waals surface area contributed by atoms with Gasteiger partial charge in [0.15, 0.2) is 0 Å². The Morgan fingerprint density at radius 1 is 1.04 bits per heavy atom. The topological polar surface area (TPSA) is 32.3 Å². The predicted molar refractivity (Wildman–Crippen MR) is 104 cm³/mol. The fraction of sp³-hybridized carbons (Fsp3) is 0.286. The molecule has 0 radical (unpaired) electrons. The molecule has 0 bridgehead atoms. The van der Waals surface area contributed by atoms with Crippen LogP contribution in [0.3, 0.4) is 0 Å². The van der Waals surface area contributed by atoms with Crippen LogP contribution in [-0.2, 0) is 10.2 Å². The summed E-state index contributed by atoms with van der Waals surface area (Å²) in [4.78, 5) is 14.1. The molecule has 0 aliphatic heterocycles. The van der Waals surface area contributed by atoms with E-state index in [0.717, 1.165) is 16.9 Å². The molecule has 2 rings (SSSR count). The first-order chi connectivity index (χ1) is 11.3. The molecular formula is C21H26N2O. The Balaban J connectivity index is 2.01. The summed E-state index contributed by atoms with van der Waals surface area (Å²) in [5.41, 5.74) is 4.27. The van der Waals surface area contributed by atoms with Gasteiger partial charge in [0, 0.05) is 31.5 Å². The van der Waals surface area contributed by atoms with Crippen LogP contribution in [0.5, 0.6) is 0 Å². The molecule has 1 amide bonds. The molecule has 0 spiro atoms. The molecule has 2 aromatic rings. The molecule has 0 fully saturated rings. The lowest BCUT2D eigenvalue weighted by Gasteiger charge is -2.18. The maximum Gasteiger partial charge on any atom is 0.248 e. The van der Waals surface area contributed by atoms with Gasteiger partial charge in [-0.2, -0.15) is 0 Å². The van der Waals surface area contributed by atoms with Crippen molar-refractivity contribution in [1.29, 1.82) is 0 Å². The van der Waals surface area contributed by atoms with E-state index in [1.54, 1.807) is 6.08 Å². The molecule has 0 unspecified atom stereocenters. The Kier molecular flexibility index (Phi) is 5.45. The highest BCUT2D eigenvalue weighted by atomic mass is 16.1. The van der Waals surface area contributed by atoms with Crippen molar-refractivity contribution in [3.05, 3.63) is 65.7 Å². The van der Waals surface area contributed by atoms with E-state index >= 15 is 0 Å². The Hall–Kier alpha value is -2.55. The highest BCUT2D eigenvalue weighted by Gasteiger charge is 2.12. The smallest absolute Gasteiger partial charge is 0.248 e. The van der Waals surface area contributed by atoms with Gasteiger partial charge in [-0.25, -0.2) is 0 Å². The van der Waals surface area contributed by atoms with E-state index in [1.807, 2.05) is 61.5 Å². The highest BCUT2D eigenvalue weighted by Crippen LogP contribution is 2.22. The van der Waals surface area contributed by atoms with Crippen LogP contribution in [0.25, 0.3) is 6.08 Å². The third kappa shape index (κ3) is 4.98. The quantitative estimate of drug-likeness (QED) is 0.827. The van der Waals surface area contributed by atoms with Crippen LogP contribution < -0.4 is 10.2 Å². The molecule has 126 valence electrons. The molecule has 0 saturated carbocycles. The zero-order valence-electron chi connectivity index (χ0n) is 15.1. The normalized spacial score (nSPS) is 11.5. The number of rotatable bonds is 4. The van der Waals surface area contributed by atoms with E-state index in [1.165, 1.54) is 5.56 Å². The highest BCUT2D eigenvalue weighted by molar-refractivity contribution is 6.02. The van der Waals surface area contributed by atoms with Gasteiger partial charge in [-0.1, -0.05) is 51.1 Å². The van der Waals surface area contributed by atoms with Crippen LogP contribution in [0.2, 0.25) is 0 Å². The number of hydrogen-bond acceptors (Lipinski definition) is 2. The molecular weight excluding hydrogens is 296 g/mol. The summed E-state index contributed by atoms with van der Waals surface area (Å²) in [5, 5.41) is 2.89. The van der Waals surface area contributed by atoms with E-state index in [2.05, 4.69) is 38.2 Å². The van der Waals surface area contributed by atoms with Gasteiger partial charge in [-0.05, 0) is 40.8 Å². The molecule has 24 heavy (non-hydrogen) atoms. The van der Waals surface area contributed by atoms with Gasteiger partial charge >= 0.3 is 0 Å². The van der Waals surface area contributed by atoms with Crippen LogP contribution in [0.15, 0.2) is 54.6 Å². The second-order valence-corrected chi connectivity index (χ2v) is 7.14. The van der Waals surface area contributed by atoms with Gasteiger partial charge < -0.3 is 10.2 Å². The molecule has 0 atom stereocenters. The van der Waals surface area contributed by atoms with Crippen LogP contribution in [0, 0.1) is 0 Å². The molecule has 0 aromatic heterocycles. The SMILES string of the molecule is CN(C)c1cccc(NC(=O)C=Cc2ccc(C(C)(C)C)cc2)c1. The first-order valence-electron chi connectivity index (χ1n) is 8.13. The van der Waals surface area contributed by atoms with E-state index in [4.69, 9.17) is 0 Å². The minimum absolute atomic E-state index is 0.134. The third-order valence-corrected chi connectivity index (χ3v) is 3.83. The molecule has 3 heteroatoms. The molecule has 0 heterocycles. The summed E-state index contributed by atoms with van der Waals surface area (Å²) in [6.07, 6.45) is 3.39. The summed E-state index contributed by atoms with van der Waals surface area (Å²) in [6.45, 7) is 6.56. The standard InChI is InChI=1S/C21H26N2O/c1-21(2,3)17-12-9-16(10-13-17)11-14-20(24)22-18-7-6-8-19(15-18)23(4)5/h6-15H,1-5H3,(H,22,24). The number of benzene rings is 2. The van der Waals surface area contributed by atoms with Crippen molar-refractivity contribution in [3.63, 3.8) is 0 Å². The van der Waals surface area contributed by atoms with E-state index in [9.17, 15) is 4.79 Å². The zero-order chi connectivity index (χ0) is 17.7. The molecule has 0 aliphatic rings. The Bertz CT molecular complexity index is 722. The number of nitrogens with zero attached hydrogens (tertiary/aromatic N) is 1. The minimum Gasteiger partial charge on any atom is -0.378 e. The van der Waals surface area contributed by atoms with Gasteiger partial charge in [0.2, 0.25) is 5.91 Å². The minimum atomic E-state index is -0.134. The number of amides is 1. The molecule has 0 saturated heterocycles. The predicted octanol–water partition coefficient (Wildman–Crippen LogP) is 4.70. The lowest BCUT2D eigenvalue weighted by molar-refractivity contribution is -0.111. The van der Waals surface area contributed by atoms with Gasteiger partial charge in [0.1, 0.15) is 0 Å². The summed E-state index contributed by atoms with van der Waals surface area (Å²) in [6, 6.07) is 16.1. The maximum atomic E-state index is 12.1. The summed E-state index contributed by atoms with van der Waals surface area (Å²) >= 11 is 0. The largest absolute Gasteiger partial charge is 0.378 e. The van der Waals surface area contributed by atoms with Gasteiger partial charge in [0.05, 0.1) is 0 Å². The Morgan fingerprint density at radius 2 is 1.71 bits per heavy atom. The third-order valence-electron chi connectivity index (χ3n) is 3.83. The molecule has 0 aliphatic carbocycles. The monoisotopic (exact) mass is 322 g/mol. The van der Waals surface area contributed by atoms with E-state index in [-0.39, 0.29) is 11.3 Å². The molecule has 2 aromatic carbocycles. The Labute approximate surface area is 145 Å². The van der Waals surface area contributed by atoms with Crippen LogP contribution in [0.1, 0.15) is 31.9 Å². The lowest BCUT2D eigenvalue weighted by Crippen LogP contribution is -2.11. The summed E-state index contributed by atoms with van der Waals surface area (Å²) in [7, 11) is 3.95. The first-order valence-corrected chi connectivity index (χ1v) is 8.13.